The zero-order valence-corrected chi connectivity index (χ0v) is 15.8. The van der Waals surface area contributed by atoms with Crippen LogP contribution in [0.15, 0.2) is 41.3 Å². The SMILES string of the molecule is O=C(Oc1cc(F)ccc1[N+](=O)[O-])c1ccc(F)c(S(=O)(=O)N2CCCCC2)c1. The van der Waals surface area contributed by atoms with Crippen molar-refractivity contribution in [1.82, 2.24) is 4.31 Å². The molecule has 1 aliphatic rings. The Morgan fingerprint density at radius 1 is 1.07 bits per heavy atom. The maximum atomic E-state index is 14.2. The molecule has 1 heterocycles. The summed E-state index contributed by atoms with van der Waals surface area (Å²) in [5.74, 6) is -3.74. The molecule has 0 spiro atoms. The molecule has 1 saturated heterocycles. The van der Waals surface area contributed by atoms with Gasteiger partial charge < -0.3 is 4.74 Å². The van der Waals surface area contributed by atoms with Crippen LogP contribution in [0.25, 0.3) is 0 Å². The van der Waals surface area contributed by atoms with Crippen LogP contribution >= 0.6 is 0 Å². The molecule has 154 valence electrons. The standard InChI is InChI=1S/C18H16F2N2O6S/c19-13-5-7-15(22(24)25)16(11-13)28-18(23)12-4-6-14(20)17(10-12)29(26,27)21-8-2-1-3-9-21/h4-7,10-11H,1-3,8-9H2. The monoisotopic (exact) mass is 426 g/mol. The Hall–Kier alpha value is -2.92. The van der Waals surface area contributed by atoms with E-state index < -0.39 is 48.9 Å². The number of piperidine rings is 1. The molecule has 0 unspecified atom stereocenters. The van der Waals surface area contributed by atoms with Crippen LogP contribution in [0.5, 0.6) is 5.75 Å². The van der Waals surface area contributed by atoms with Gasteiger partial charge in [0.1, 0.15) is 16.5 Å². The van der Waals surface area contributed by atoms with E-state index in [9.17, 15) is 32.1 Å². The molecular formula is C18H16F2N2O6S. The van der Waals surface area contributed by atoms with Crippen molar-refractivity contribution in [2.75, 3.05) is 13.1 Å². The number of carbonyl (C=O) groups is 1. The fourth-order valence-corrected chi connectivity index (χ4v) is 4.56. The molecule has 0 N–H and O–H groups in total. The van der Waals surface area contributed by atoms with E-state index in [1.807, 2.05) is 0 Å². The van der Waals surface area contributed by atoms with Gasteiger partial charge in [0, 0.05) is 25.2 Å². The normalized spacial score (nSPS) is 15.1. The third-order valence-electron chi connectivity index (χ3n) is 4.42. The average Bonchev–Trinajstić information content (AvgIpc) is 2.68. The third-order valence-corrected chi connectivity index (χ3v) is 6.33. The minimum absolute atomic E-state index is 0.242. The molecular weight excluding hydrogens is 410 g/mol. The van der Waals surface area contributed by atoms with Gasteiger partial charge in [-0.2, -0.15) is 4.31 Å². The first kappa shape index (κ1) is 20.8. The van der Waals surface area contributed by atoms with E-state index >= 15 is 0 Å². The Bertz CT molecular complexity index is 1070. The van der Waals surface area contributed by atoms with Crippen molar-refractivity contribution in [2.45, 2.75) is 24.2 Å². The number of rotatable bonds is 5. The van der Waals surface area contributed by atoms with Crippen molar-refractivity contribution in [3.05, 3.63) is 63.7 Å². The molecule has 0 aliphatic carbocycles. The lowest BCUT2D eigenvalue weighted by Gasteiger charge is -2.26. The first-order chi connectivity index (χ1) is 13.7. The van der Waals surface area contributed by atoms with Gasteiger partial charge in [0.05, 0.1) is 10.5 Å². The molecule has 29 heavy (non-hydrogen) atoms. The van der Waals surface area contributed by atoms with Crippen molar-refractivity contribution in [2.24, 2.45) is 0 Å². The number of nitro groups is 1. The third kappa shape index (κ3) is 4.40. The van der Waals surface area contributed by atoms with Crippen LogP contribution in [-0.4, -0.2) is 36.7 Å². The van der Waals surface area contributed by atoms with E-state index in [2.05, 4.69) is 0 Å². The number of esters is 1. The lowest BCUT2D eigenvalue weighted by atomic mass is 10.2. The minimum Gasteiger partial charge on any atom is -0.415 e. The molecule has 0 atom stereocenters. The van der Waals surface area contributed by atoms with Crippen LogP contribution in [0.4, 0.5) is 14.5 Å². The fraction of sp³-hybridized carbons (Fsp3) is 0.278. The summed E-state index contributed by atoms with van der Waals surface area (Å²) in [4.78, 5) is 21.8. The zero-order valence-electron chi connectivity index (χ0n) is 15.0. The van der Waals surface area contributed by atoms with E-state index in [-0.39, 0.29) is 18.7 Å². The summed E-state index contributed by atoms with van der Waals surface area (Å²) >= 11 is 0. The molecule has 2 aromatic carbocycles. The summed E-state index contributed by atoms with van der Waals surface area (Å²) in [6, 6.07) is 4.91. The summed E-state index contributed by atoms with van der Waals surface area (Å²) < 4.78 is 59.1. The van der Waals surface area contributed by atoms with Crippen LogP contribution in [0.1, 0.15) is 29.6 Å². The second kappa shape index (κ2) is 8.21. The molecule has 0 radical (unpaired) electrons. The summed E-state index contributed by atoms with van der Waals surface area (Å²) in [6.07, 6.45) is 2.16. The van der Waals surface area contributed by atoms with E-state index in [4.69, 9.17) is 4.74 Å². The van der Waals surface area contributed by atoms with Gasteiger partial charge in [0.25, 0.3) is 0 Å². The molecule has 11 heteroatoms. The summed E-state index contributed by atoms with van der Waals surface area (Å²) in [6.45, 7) is 0.484. The molecule has 0 amide bonds. The Balaban J connectivity index is 1.93. The summed E-state index contributed by atoms with van der Waals surface area (Å²) in [5.41, 5.74) is -0.997. The Kier molecular flexibility index (Phi) is 5.89. The van der Waals surface area contributed by atoms with Gasteiger partial charge in [-0.15, -0.1) is 0 Å². The number of benzene rings is 2. The van der Waals surface area contributed by atoms with E-state index in [0.29, 0.717) is 18.9 Å². The van der Waals surface area contributed by atoms with Crippen molar-refractivity contribution in [1.29, 1.82) is 0 Å². The van der Waals surface area contributed by atoms with E-state index in [0.717, 1.165) is 41.1 Å². The number of ether oxygens (including phenoxy) is 1. The van der Waals surface area contributed by atoms with Gasteiger partial charge in [-0.05, 0) is 37.1 Å². The largest absolute Gasteiger partial charge is 0.415 e. The number of halogens is 2. The van der Waals surface area contributed by atoms with Crippen LogP contribution in [-0.2, 0) is 10.0 Å². The molecule has 3 rings (SSSR count). The van der Waals surface area contributed by atoms with Crippen LogP contribution < -0.4 is 4.74 Å². The Morgan fingerprint density at radius 3 is 2.41 bits per heavy atom. The highest BCUT2D eigenvalue weighted by atomic mass is 32.2. The highest BCUT2D eigenvalue weighted by molar-refractivity contribution is 7.89. The number of nitrogens with zero attached hydrogens (tertiary/aromatic N) is 2. The predicted octanol–water partition coefficient (Wildman–Crippen LogP) is 3.27. The lowest BCUT2D eigenvalue weighted by Crippen LogP contribution is -2.36. The van der Waals surface area contributed by atoms with Gasteiger partial charge in [0.15, 0.2) is 0 Å². The second-order valence-corrected chi connectivity index (χ2v) is 8.27. The maximum Gasteiger partial charge on any atom is 0.343 e. The van der Waals surface area contributed by atoms with E-state index in [1.54, 1.807) is 0 Å². The predicted molar refractivity (Wildman–Crippen MR) is 97.0 cm³/mol. The van der Waals surface area contributed by atoms with E-state index in [1.165, 1.54) is 0 Å². The Labute approximate surface area is 164 Å². The van der Waals surface area contributed by atoms with Gasteiger partial charge in [0.2, 0.25) is 15.8 Å². The fourth-order valence-electron chi connectivity index (χ4n) is 2.95. The number of nitro benzene ring substituents is 1. The molecule has 0 saturated carbocycles. The van der Waals surface area contributed by atoms with Gasteiger partial charge in [-0.3, -0.25) is 10.1 Å². The molecule has 1 fully saturated rings. The highest BCUT2D eigenvalue weighted by Gasteiger charge is 2.30. The highest BCUT2D eigenvalue weighted by Crippen LogP contribution is 2.29. The van der Waals surface area contributed by atoms with Gasteiger partial charge in [-0.1, -0.05) is 6.42 Å². The molecule has 2 aromatic rings. The molecule has 1 aliphatic heterocycles. The summed E-state index contributed by atoms with van der Waals surface area (Å²) in [7, 11) is -4.17. The van der Waals surface area contributed by atoms with Gasteiger partial charge in [-0.25, -0.2) is 22.0 Å². The zero-order chi connectivity index (χ0) is 21.2. The number of hydrogen-bond donors (Lipinski definition) is 0. The number of sulfonamides is 1. The summed E-state index contributed by atoms with van der Waals surface area (Å²) in [5, 5.41) is 11.0. The van der Waals surface area contributed by atoms with Crippen LogP contribution in [0, 0.1) is 21.7 Å². The van der Waals surface area contributed by atoms with Crippen LogP contribution in [0.2, 0.25) is 0 Å². The lowest BCUT2D eigenvalue weighted by molar-refractivity contribution is -0.385. The molecule has 0 aromatic heterocycles. The van der Waals surface area contributed by atoms with Crippen molar-refractivity contribution < 1.29 is 31.7 Å². The topological polar surface area (TPSA) is 107 Å². The van der Waals surface area contributed by atoms with Crippen molar-refractivity contribution in [3.63, 3.8) is 0 Å². The molecule has 8 nitrogen and oxygen atoms in total. The van der Waals surface area contributed by atoms with Crippen LogP contribution in [0.3, 0.4) is 0 Å². The smallest absolute Gasteiger partial charge is 0.343 e. The minimum atomic E-state index is -4.17. The first-order valence-electron chi connectivity index (χ1n) is 8.66. The van der Waals surface area contributed by atoms with Crippen molar-refractivity contribution in [3.8, 4) is 5.75 Å². The van der Waals surface area contributed by atoms with Crippen molar-refractivity contribution >= 4 is 21.7 Å². The number of hydrogen-bond acceptors (Lipinski definition) is 6. The quantitative estimate of drug-likeness (QED) is 0.314. The average molecular weight is 426 g/mol. The Morgan fingerprint density at radius 2 is 1.76 bits per heavy atom. The maximum absolute atomic E-state index is 14.2. The number of carbonyl (C=O) groups excluding carboxylic acids is 1. The molecule has 0 bridgehead atoms. The van der Waals surface area contributed by atoms with Gasteiger partial charge >= 0.3 is 11.7 Å². The first-order valence-corrected chi connectivity index (χ1v) is 10.1. The second-order valence-electron chi connectivity index (χ2n) is 6.37.